The van der Waals surface area contributed by atoms with Gasteiger partial charge < -0.3 is 18.5 Å². The third-order valence-corrected chi connectivity index (χ3v) is 7.10. The van der Waals surface area contributed by atoms with Gasteiger partial charge in [-0.15, -0.1) is 0 Å². The maximum absolute atomic E-state index is 13.5. The van der Waals surface area contributed by atoms with Gasteiger partial charge in [-0.25, -0.2) is 0 Å². The Kier molecular flexibility index (Phi) is 9.21. The topological polar surface area (TPSA) is 71.1 Å². The Morgan fingerprint density at radius 2 is 1.79 bits per heavy atom. The highest BCUT2D eigenvalue weighted by Gasteiger charge is 2.63. The highest BCUT2D eigenvalue weighted by molar-refractivity contribution is 7.56. The van der Waals surface area contributed by atoms with Gasteiger partial charge in [0.25, 0.3) is 0 Å². The molecule has 1 aliphatic rings. The molecule has 0 heterocycles. The van der Waals surface area contributed by atoms with Crippen molar-refractivity contribution in [2.75, 3.05) is 33.0 Å². The maximum Gasteiger partial charge on any atom is 0.348 e. The fraction of sp³-hybridized carbons (Fsp3) is 0.824. The zero-order chi connectivity index (χ0) is 18.1. The summed E-state index contributed by atoms with van der Waals surface area (Å²) in [5, 5.41) is -1.27. The molecule has 1 fully saturated rings. The van der Waals surface area contributed by atoms with Gasteiger partial charge in [0.1, 0.15) is 0 Å². The Hall–Kier alpha value is -0.680. The highest BCUT2D eigenvalue weighted by atomic mass is 31.2. The Balaban J connectivity index is 3.23. The van der Waals surface area contributed by atoms with Crippen LogP contribution in [0.2, 0.25) is 0 Å². The third-order valence-electron chi connectivity index (χ3n) is 4.19. The van der Waals surface area contributed by atoms with Gasteiger partial charge in [0.05, 0.1) is 26.4 Å². The van der Waals surface area contributed by atoms with E-state index in [1.54, 1.807) is 20.8 Å². The number of carbonyl (C=O) groups is 1. The zero-order valence-electron chi connectivity index (χ0n) is 15.3. The van der Waals surface area contributed by atoms with Crippen molar-refractivity contribution in [3.05, 3.63) is 12.2 Å². The average Bonchev–Trinajstić information content (AvgIpc) is 2.98. The molecular formula is C17H31O6P. The Morgan fingerprint density at radius 1 is 1.12 bits per heavy atom. The van der Waals surface area contributed by atoms with E-state index in [-0.39, 0.29) is 25.7 Å². The lowest BCUT2D eigenvalue weighted by molar-refractivity contribution is -0.147. The van der Waals surface area contributed by atoms with Gasteiger partial charge >= 0.3 is 13.6 Å². The molecule has 0 aromatic heterocycles. The van der Waals surface area contributed by atoms with Gasteiger partial charge in [0, 0.05) is 12.5 Å². The van der Waals surface area contributed by atoms with Gasteiger partial charge in [-0.3, -0.25) is 9.36 Å². The SMILES string of the molecule is CCOC/C=C/[C@H]1CCC[C@@]1(C(=O)OCC)P(=O)(OCC)OCC. The smallest absolute Gasteiger partial charge is 0.348 e. The molecule has 0 aliphatic heterocycles. The molecule has 1 rings (SSSR count). The lowest BCUT2D eigenvalue weighted by Gasteiger charge is -2.37. The predicted molar refractivity (Wildman–Crippen MR) is 93.2 cm³/mol. The van der Waals surface area contributed by atoms with Crippen molar-refractivity contribution < 1.29 is 27.9 Å². The van der Waals surface area contributed by atoms with Gasteiger partial charge in [-0.05, 0) is 40.5 Å². The summed E-state index contributed by atoms with van der Waals surface area (Å²) in [4.78, 5) is 12.8. The van der Waals surface area contributed by atoms with Gasteiger partial charge in [-0.2, -0.15) is 0 Å². The molecule has 0 bridgehead atoms. The first-order chi connectivity index (χ1) is 11.5. The lowest BCUT2D eigenvalue weighted by Crippen LogP contribution is -2.44. The van der Waals surface area contributed by atoms with Crippen LogP contribution in [0.15, 0.2) is 12.2 Å². The van der Waals surface area contributed by atoms with Crippen molar-refractivity contribution in [2.24, 2.45) is 5.92 Å². The number of allylic oxidation sites excluding steroid dienone is 1. The van der Waals surface area contributed by atoms with Gasteiger partial charge in [0.15, 0.2) is 5.16 Å². The van der Waals surface area contributed by atoms with E-state index in [9.17, 15) is 9.36 Å². The van der Waals surface area contributed by atoms with Crippen LogP contribution in [0.1, 0.15) is 47.0 Å². The Bertz CT molecular complexity index is 454. The minimum Gasteiger partial charge on any atom is -0.465 e. The Labute approximate surface area is 145 Å². The van der Waals surface area contributed by atoms with Crippen molar-refractivity contribution in [2.45, 2.75) is 52.1 Å². The predicted octanol–water partition coefficient (Wildman–Crippen LogP) is 3.95. The van der Waals surface area contributed by atoms with Crippen LogP contribution < -0.4 is 0 Å². The monoisotopic (exact) mass is 362 g/mol. The van der Waals surface area contributed by atoms with E-state index in [1.165, 1.54) is 0 Å². The van der Waals surface area contributed by atoms with Gasteiger partial charge in [0.2, 0.25) is 0 Å². The van der Waals surface area contributed by atoms with Gasteiger partial charge in [-0.1, -0.05) is 18.6 Å². The quantitative estimate of drug-likeness (QED) is 0.240. The van der Waals surface area contributed by atoms with E-state index < -0.39 is 18.7 Å². The maximum atomic E-state index is 13.5. The molecule has 2 atom stereocenters. The molecule has 0 aromatic rings. The number of rotatable bonds is 11. The molecule has 1 saturated carbocycles. The van der Waals surface area contributed by atoms with Crippen molar-refractivity contribution in [3.63, 3.8) is 0 Å². The summed E-state index contributed by atoms with van der Waals surface area (Å²) in [6, 6.07) is 0. The molecule has 0 amide bonds. The van der Waals surface area contributed by atoms with Crippen LogP contribution in [0.5, 0.6) is 0 Å². The molecule has 0 saturated heterocycles. The fourth-order valence-corrected chi connectivity index (χ4v) is 5.80. The second-order valence-corrected chi connectivity index (χ2v) is 7.87. The van der Waals surface area contributed by atoms with Crippen LogP contribution in [0.25, 0.3) is 0 Å². The van der Waals surface area contributed by atoms with E-state index in [1.807, 2.05) is 19.1 Å². The first-order valence-electron chi connectivity index (χ1n) is 8.83. The van der Waals surface area contributed by atoms with Crippen molar-refractivity contribution in [1.82, 2.24) is 0 Å². The van der Waals surface area contributed by atoms with Crippen LogP contribution in [-0.4, -0.2) is 44.2 Å². The van der Waals surface area contributed by atoms with Crippen LogP contribution in [0.4, 0.5) is 0 Å². The summed E-state index contributed by atoms with van der Waals surface area (Å²) in [7, 11) is -3.66. The van der Waals surface area contributed by atoms with E-state index >= 15 is 0 Å². The highest BCUT2D eigenvalue weighted by Crippen LogP contribution is 2.68. The molecular weight excluding hydrogens is 331 g/mol. The molecule has 24 heavy (non-hydrogen) atoms. The lowest BCUT2D eigenvalue weighted by atomic mass is 9.94. The summed E-state index contributed by atoms with van der Waals surface area (Å²) in [5.74, 6) is -0.736. The molecule has 6 nitrogen and oxygen atoms in total. The largest absolute Gasteiger partial charge is 0.465 e. The van der Waals surface area contributed by atoms with Crippen LogP contribution in [0, 0.1) is 5.92 Å². The van der Waals surface area contributed by atoms with E-state index in [2.05, 4.69) is 0 Å². The number of carbonyl (C=O) groups excluding carboxylic acids is 1. The molecule has 0 radical (unpaired) electrons. The minimum absolute atomic E-state index is 0.216. The standard InChI is InChI=1S/C17H31O6P/c1-5-20-14-10-12-15-11-9-13-17(15,16(18)21-6-2)24(19,22-7-3)23-8-4/h10,12,15H,5-9,11,13-14H2,1-4H3/b12-10+/t15-,17-/m1/s1. The Morgan fingerprint density at radius 3 is 2.33 bits per heavy atom. The third kappa shape index (κ3) is 4.48. The van der Waals surface area contributed by atoms with E-state index in [4.69, 9.17) is 18.5 Å². The summed E-state index contributed by atoms with van der Waals surface area (Å²) in [6.45, 7) is 8.90. The summed E-state index contributed by atoms with van der Waals surface area (Å²) < 4.78 is 35.2. The van der Waals surface area contributed by atoms with Crippen molar-refractivity contribution in [1.29, 1.82) is 0 Å². The number of esters is 1. The zero-order valence-corrected chi connectivity index (χ0v) is 16.2. The number of ether oxygens (including phenoxy) is 2. The first-order valence-corrected chi connectivity index (χ1v) is 10.4. The number of hydrogen-bond donors (Lipinski definition) is 0. The first kappa shape index (κ1) is 21.4. The number of hydrogen-bond acceptors (Lipinski definition) is 6. The molecule has 0 spiro atoms. The molecule has 1 aliphatic carbocycles. The minimum atomic E-state index is -3.66. The van der Waals surface area contributed by atoms with Crippen molar-refractivity contribution >= 4 is 13.6 Å². The summed E-state index contributed by atoms with van der Waals surface area (Å²) >= 11 is 0. The van der Waals surface area contributed by atoms with Crippen molar-refractivity contribution in [3.8, 4) is 0 Å². The second kappa shape index (κ2) is 10.3. The molecule has 0 unspecified atom stereocenters. The normalized spacial score (nSPS) is 24.6. The molecule has 0 N–H and O–H groups in total. The summed E-state index contributed by atoms with van der Waals surface area (Å²) in [6.07, 6.45) is 5.73. The summed E-state index contributed by atoms with van der Waals surface area (Å²) in [5.41, 5.74) is 0. The van der Waals surface area contributed by atoms with E-state index in [0.29, 0.717) is 19.6 Å². The molecule has 7 heteroatoms. The van der Waals surface area contributed by atoms with Crippen LogP contribution >= 0.6 is 7.60 Å². The average molecular weight is 362 g/mol. The van der Waals surface area contributed by atoms with E-state index in [0.717, 1.165) is 12.8 Å². The second-order valence-electron chi connectivity index (χ2n) is 5.56. The molecule has 0 aromatic carbocycles. The van der Waals surface area contributed by atoms with Crippen LogP contribution in [0.3, 0.4) is 0 Å². The molecule has 140 valence electrons. The van der Waals surface area contributed by atoms with Crippen LogP contribution in [-0.2, 0) is 27.9 Å². The fourth-order valence-electron chi connectivity index (χ4n) is 3.25.